The van der Waals surface area contributed by atoms with Crippen LogP contribution in [-0.2, 0) is 10.8 Å². The summed E-state index contributed by atoms with van der Waals surface area (Å²) in [6.45, 7) is 2.67. The summed E-state index contributed by atoms with van der Waals surface area (Å²) in [5.74, 6) is 1.68. The Kier molecular flexibility index (Phi) is 4.91. The lowest BCUT2D eigenvalue weighted by Gasteiger charge is -2.22. The Morgan fingerprint density at radius 3 is 2.69 bits per heavy atom. The van der Waals surface area contributed by atoms with Crippen LogP contribution in [0.5, 0.6) is 0 Å². The number of aliphatic hydroxyl groups is 1. The summed E-state index contributed by atoms with van der Waals surface area (Å²) in [5.41, 5.74) is 0. The number of hydrogen-bond donors (Lipinski definition) is 2. The molecule has 1 atom stereocenters. The number of hydrogen-bond acceptors (Lipinski definition) is 3. The molecule has 1 unspecified atom stereocenters. The second kappa shape index (κ2) is 5.73. The fourth-order valence-electron chi connectivity index (χ4n) is 1.49. The Morgan fingerprint density at radius 2 is 2.15 bits per heavy atom. The quantitative estimate of drug-likeness (QED) is 0.692. The summed E-state index contributed by atoms with van der Waals surface area (Å²) in [4.78, 5) is 0. The van der Waals surface area contributed by atoms with Crippen molar-refractivity contribution in [2.75, 3.05) is 18.1 Å². The molecule has 0 saturated carbocycles. The van der Waals surface area contributed by atoms with Gasteiger partial charge in [0.15, 0.2) is 0 Å². The van der Waals surface area contributed by atoms with Crippen LogP contribution in [0.25, 0.3) is 0 Å². The minimum absolute atomic E-state index is 0.217. The van der Waals surface area contributed by atoms with E-state index < -0.39 is 10.8 Å². The fourth-order valence-corrected chi connectivity index (χ4v) is 2.79. The van der Waals surface area contributed by atoms with Crippen LogP contribution in [0.15, 0.2) is 0 Å². The van der Waals surface area contributed by atoms with E-state index in [1.165, 1.54) is 0 Å². The van der Waals surface area contributed by atoms with Gasteiger partial charge in [-0.1, -0.05) is 0 Å². The molecule has 1 aliphatic heterocycles. The first kappa shape index (κ1) is 11.1. The van der Waals surface area contributed by atoms with Crippen LogP contribution in [0.4, 0.5) is 0 Å². The third kappa shape index (κ3) is 4.74. The predicted molar refractivity (Wildman–Crippen MR) is 55.2 cm³/mol. The van der Waals surface area contributed by atoms with E-state index in [1.807, 2.05) is 0 Å². The molecule has 1 saturated heterocycles. The van der Waals surface area contributed by atoms with Gasteiger partial charge in [-0.3, -0.25) is 4.21 Å². The molecular weight excluding hydrogens is 186 g/mol. The van der Waals surface area contributed by atoms with E-state index in [4.69, 9.17) is 5.11 Å². The molecular formula is C9H19NO2S. The van der Waals surface area contributed by atoms with Gasteiger partial charge in [0, 0.05) is 28.3 Å². The van der Waals surface area contributed by atoms with Crippen molar-refractivity contribution in [3.63, 3.8) is 0 Å². The molecule has 78 valence electrons. The lowest BCUT2D eigenvalue weighted by atomic mass is 10.1. The van der Waals surface area contributed by atoms with Crippen molar-refractivity contribution in [1.29, 1.82) is 0 Å². The highest BCUT2D eigenvalue weighted by Gasteiger charge is 2.16. The summed E-state index contributed by atoms with van der Waals surface area (Å²) in [6.07, 6.45) is 2.63. The number of rotatable bonds is 4. The summed E-state index contributed by atoms with van der Waals surface area (Å²) < 4.78 is 11.0. The van der Waals surface area contributed by atoms with Gasteiger partial charge in [0.25, 0.3) is 0 Å². The Bertz CT molecular complexity index is 163. The largest absolute Gasteiger partial charge is 0.393 e. The highest BCUT2D eigenvalue weighted by molar-refractivity contribution is 7.85. The van der Waals surface area contributed by atoms with Crippen molar-refractivity contribution in [3.8, 4) is 0 Å². The molecule has 13 heavy (non-hydrogen) atoms. The summed E-state index contributed by atoms with van der Waals surface area (Å²) in [7, 11) is -0.565. The molecule has 1 fully saturated rings. The average Bonchev–Trinajstić information content (AvgIpc) is 2.08. The van der Waals surface area contributed by atoms with Crippen molar-refractivity contribution < 1.29 is 9.32 Å². The fraction of sp³-hybridized carbons (Fsp3) is 1.00. The molecule has 0 aromatic carbocycles. The van der Waals surface area contributed by atoms with Gasteiger partial charge in [-0.25, -0.2) is 0 Å². The molecule has 1 rings (SSSR count). The van der Waals surface area contributed by atoms with Crippen LogP contribution in [0, 0.1) is 0 Å². The number of nitrogens with one attached hydrogen (secondary N) is 1. The zero-order valence-corrected chi connectivity index (χ0v) is 8.98. The first-order valence-corrected chi connectivity index (χ1v) is 6.43. The SMILES string of the molecule is CC(O)CCNC1CCS(=O)CC1. The first-order chi connectivity index (χ1) is 6.18. The van der Waals surface area contributed by atoms with E-state index >= 15 is 0 Å². The van der Waals surface area contributed by atoms with Crippen molar-refractivity contribution in [2.45, 2.75) is 38.3 Å². The van der Waals surface area contributed by atoms with E-state index in [0.717, 1.165) is 37.3 Å². The monoisotopic (exact) mass is 205 g/mol. The van der Waals surface area contributed by atoms with Crippen molar-refractivity contribution in [1.82, 2.24) is 5.32 Å². The first-order valence-electron chi connectivity index (χ1n) is 4.95. The third-order valence-corrected chi connectivity index (χ3v) is 3.77. The normalized spacial score (nSPS) is 31.5. The van der Waals surface area contributed by atoms with Crippen molar-refractivity contribution >= 4 is 10.8 Å². The van der Waals surface area contributed by atoms with Gasteiger partial charge in [-0.2, -0.15) is 0 Å². The summed E-state index contributed by atoms with van der Waals surface area (Å²) in [6, 6.07) is 0.524. The molecule has 0 spiro atoms. The number of aliphatic hydroxyl groups excluding tert-OH is 1. The maximum absolute atomic E-state index is 11.0. The third-order valence-electron chi connectivity index (χ3n) is 2.38. The molecule has 1 aliphatic rings. The molecule has 0 amide bonds. The lowest BCUT2D eigenvalue weighted by molar-refractivity contribution is 0.182. The predicted octanol–water partition coefficient (Wildman–Crippen LogP) is 0.258. The van der Waals surface area contributed by atoms with Crippen LogP contribution in [0.2, 0.25) is 0 Å². The molecule has 0 bridgehead atoms. The van der Waals surface area contributed by atoms with Crippen LogP contribution in [0.3, 0.4) is 0 Å². The molecule has 3 nitrogen and oxygen atoms in total. The minimum atomic E-state index is -0.565. The van der Waals surface area contributed by atoms with Gasteiger partial charge < -0.3 is 10.4 Å². The van der Waals surface area contributed by atoms with Gasteiger partial charge in [0.05, 0.1) is 6.10 Å². The van der Waals surface area contributed by atoms with Crippen LogP contribution in [-0.4, -0.2) is 39.5 Å². The zero-order valence-electron chi connectivity index (χ0n) is 8.16. The molecule has 0 radical (unpaired) electrons. The van der Waals surface area contributed by atoms with E-state index in [2.05, 4.69) is 5.32 Å². The van der Waals surface area contributed by atoms with Crippen molar-refractivity contribution in [3.05, 3.63) is 0 Å². The maximum Gasteiger partial charge on any atom is 0.0524 e. The Balaban J connectivity index is 2.05. The topological polar surface area (TPSA) is 49.3 Å². The molecule has 1 heterocycles. The van der Waals surface area contributed by atoms with Gasteiger partial charge in [0.2, 0.25) is 0 Å². The lowest BCUT2D eigenvalue weighted by Crippen LogP contribution is -2.36. The molecule has 2 N–H and O–H groups in total. The van der Waals surface area contributed by atoms with Crippen LogP contribution in [0.1, 0.15) is 26.2 Å². The maximum atomic E-state index is 11.0. The Labute approximate surface area is 82.4 Å². The minimum Gasteiger partial charge on any atom is -0.393 e. The Hall–Kier alpha value is 0.0700. The standard InChI is InChI=1S/C9H19NO2S/c1-8(11)2-5-10-9-3-6-13(12)7-4-9/h8-11H,2-7H2,1H3. The highest BCUT2D eigenvalue weighted by Crippen LogP contribution is 2.08. The van der Waals surface area contributed by atoms with E-state index in [1.54, 1.807) is 6.92 Å². The van der Waals surface area contributed by atoms with Gasteiger partial charge in [0.1, 0.15) is 0 Å². The van der Waals surface area contributed by atoms with Gasteiger partial charge in [-0.15, -0.1) is 0 Å². The smallest absolute Gasteiger partial charge is 0.0524 e. The van der Waals surface area contributed by atoms with E-state index in [0.29, 0.717) is 6.04 Å². The van der Waals surface area contributed by atoms with Crippen LogP contribution >= 0.6 is 0 Å². The van der Waals surface area contributed by atoms with E-state index in [-0.39, 0.29) is 6.10 Å². The average molecular weight is 205 g/mol. The highest BCUT2D eigenvalue weighted by atomic mass is 32.2. The molecule has 0 aromatic rings. The molecule has 0 aromatic heterocycles. The van der Waals surface area contributed by atoms with Gasteiger partial charge in [-0.05, 0) is 32.7 Å². The van der Waals surface area contributed by atoms with Gasteiger partial charge >= 0.3 is 0 Å². The zero-order chi connectivity index (χ0) is 9.68. The summed E-state index contributed by atoms with van der Waals surface area (Å²) >= 11 is 0. The Morgan fingerprint density at radius 1 is 1.54 bits per heavy atom. The van der Waals surface area contributed by atoms with Crippen molar-refractivity contribution in [2.24, 2.45) is 0 Å². The van der Waals surface area contributed by atoms with Crippen LogP contribution < -0.4 is 5.32 Å². The summed E-state index contributed by atoms with van der Waals surface area (Å²) in [5, 5.41) is 12.4. The molecule has 4 heteroatoms. The second-order valence-electron chi connectivity index (χ2n) is 3.71. The molecule has 0 aliphatic carbocycles. The second-order valence-corrected chi connectivity index (χ2v) is 5.41. The van der Waals surface area contributed by atoms with E-state index in [9.17, 15) is 4.21 Å².